The maximum absolute atomic E-state index is 12.5. The molecule has 2 saturated heterocycles. The highest BCUT2D eigenvalue weighted by molar-refractivity contribution is 7.61. The van der Waals surface area contributed by atoms with E-state index in [9.17, 15) is 48.8 Å². The van der Waals surface area contributed by atoms with Crippen molar-refractivity contribution in [3.63, 3.8) is 0 Å². The highest BCUT2D eigenvalue weighted by Crippen LogP contribution is 2.61. The van der Waals surface area contributed by atoms with Crippen LogP contribution in [0.1, 0.15) is 26.7 Å². The molecule has 2 aliphatic heterocycles. The van der Waals surface area contributed by atoms with Gasteiger partial charge in [0.05, 0.1) is 65.1 Å². The van der Waals surface area contributed by atoms with E-state index in [4.69, 9.17) is 32.7 Å². The SMILES string of the molecule is CNCCCCOCCOCCOCC(O)COP(=O)(O)OC1C(COP(=O)(O)OP(=O)(O)OCC2OC(C)C(O)C2O)OC(C)C1O. The van der Waals surface area contributed by atoms with Crippen LogP contribution in [0.3, 0.4) is 0 Å². The van der Waals surface area contributed by atoms with Crippen LogP contribution >= 0.6 is 23.5 Å². The van der Waals surface area contributed by atoms with Crippen LogP contribution in [0.4, 0.5) is 0 Å². The number of aliphatic hydroxyl groups excluding tert-OH is 4. The fourth-order valence-electron chi connectivity index (χ4n) is 4.35. The molecule has 0 radical (unpaired) electrons. The number of phosphoric ester groups is 3. The van der Waals surface area contributed by atoms with Crippen molar-refractivity contribution in [3.8, 4) is 0 Å². The van der Waals surface area contributed by atoms with E-state index >= 15 is 0 Å². The molecule has 12 atom stereocenters. The zero-order valence-corrected chi connectivity index (χ0v) is 29.6. The summed E-state index contributed by atoms with van der Waals surface area (Å²) in [7, 11) is -13.8. The van der Waals surface area contributed by atoms with Crippen molar-refractivity contribution >= 4 is 23.5 Å². The van der Waals surface area contributed by atoms with E-state index in [1.807, 2.05) is 7.05 Å². The Balaban J connectivity index is 1.71. The second-order valence-corrected chi connectivity index (χ2v) is 15.4. The highest BCUT2D eigenvalue weighted by Gasteiger charge is 2.48. The van der Waals surface area contributed by atoms with Gasteiger partial charge in [-0.1, -0.05) is 0 Å². The van der Waals surface area contributed by atoms with Gasteiger partial charge in [-0.2, -0.15) is 4.31 Å². The summed E-state index contributed by atoms with van der Waals surface area (Å²) in [6.07, 6.45) is -9.93. The van der Waals surface area contributed by atoms with Crippen molar-refractivity contribution < 1.29 is 94.9 Å². The summed E-state index contributed by atoms with van der Waals surface area (Å²) in [5.41, 5.74) is 0. The molecule has 0 aliphatic carbocycles. The first-order valence-electron chi connectivity index (χ1n) is 15.2. The number of unbranched alkanes of at least 4 members (excludes halogenated alkanes) is 1. The minimum atomic E-state index is -5.37. The second kappa shape index (κ2) is 21.5. The maximum Gasteiger partial charge on any atom is 0.481 e. The average Bonchev–Trinajstić information content (AvgIpc) is 3.41. The van der Waals surface area contributed by atoms with Gasteiger partial charge in [-0.3, -0.25) is 18.1 Å². The Morgan fingerprint density at radius 2 is 1.23 bits per heavy atom. The Bertz CT molecular complexity index is 1060. The predicted octanol–water partition coefficient (Wildman–Crippen LogP) is -1.19. The van der Waals surface area contributed by atoms with Crippen molar-refractivity contribution in [1.29, 1.82) is 0 Å². The van der Waals surface area contributed by atoms with Gasteiger partial charge in [-0.05, 0) is 40.3 Å². The molecular weight excluding hydrogens is 715 g/mol. The summed E-state index contributed by atoms with van der Waals surface area (Å²) >= 11 is 0. The van der Waals surface area contributed by atoms with Gasteiger partial charge in [0.1, 0.15) is 42.7 Å². The molecule has 0 saturated carbocycles. The summed E-state index contributed by atoms with van der Waals surface area (Å²) in [5.74, 6) is 0. The van der Waals surface area contributed by atoms with Crippen LogP contribution in [0.2, 0.25) is 0 Å². The molecule has 0 aromatic carbocycles. The fraction of sp³-hybridized carbons (Fsp3) is 1.00. The highest BCUT2D eigenvalue weighted by atomic mass is 31.3. The molecule has 0 bridgehead atoms. The van der Waals surface area contributed by atoms with Crippen molar-refractivity contribution in [2.24, 2.45) is 0 Å². The van der Waals surface area contributed by atoms with Gasteiger partial charge in [0.2, 0.25) is 0 Å². The van der Waals surface area contributed by atoms with E-state index in [0.717, 1.165) is 19.4 Å². The van der Waals surface area contributed by atoms with Crippen molar-refractivity contribution in [2.45, 2.75) is 81.6 Å². The van der Waals surface area contributed by atoms with E-state index in [0.29, 0.717) is 19.8 Å². The van der Waals surface area contributed by atoms with Crippen LogP contribution in [0.25, 0.3) is 0 Å². The normalized spacial score (nSPS) is 32.1. The Kier molecular flexibility index (Phi) is 19.8. The standard InChI is InChI=1S/C24H50NO20P3/c1-16-21(27)23(29)19(42-16)14-40-47(32,33)45-48(34,35)41-15-20-24(22(28)17(2)43-20)44-46(30,31)39-13-18(26)12-38-11-10-37-9-8-36-7-5-4-6-25-3/h16-29H,4-15H2,1-3H3,(H,30,31)(H,32,33)(H,34,35). The van der Waals surface area contributed by atoms with Gasteiger partial charge in [0.15, 0.2) is 0 Å². The van der Waals surface area contributed by atoms with Crippen LogP contribution in [-0.4, -0.2) is 163 Å². The molecule has 0 aromatic rings. The number of rotatable bonds is 26. The summed E-state index contributed by atoms with van der Waals surface area (Å²) in [4.78, 5) is 30.0. The lowest BCUT2D eigenvalue weighted by atomic mass is 10.1. The third-order valence-corrected chi connectivity index (χ3v) is 10.5. The van der Waals surface area contributed by atoms with Gasteiger partial charge in [0, 0.05) is 6.61 Å². The molecule has 286 valence electrons. The summed E-state index contributed by atoms with van der Waals surface area (Å²) in [6, 6.07) is 0. The first kappa shape index (κ1) is 44.1. The topological polar surface area (TPSA) is 297 Å². The monoisotopic (exact) mass is 765 g/mol. The lowest BCUT2D eigenvalue weighted by Gasteiger charge is -2.24. The molecule has 2 aliphatic rings. The quantitative estimate of drug-likeness (QED) is 0.0379. The molecule has 24 heteroatoms. The second-order valence-electron chi connectivity index (χ2n) is 10.9. The molecule has 0 amide bonds. The van der Waals surface area contributed by atoms with Crippen LogP contribution in [0.5, 0.6) is 0 Å². The molecule has 8 N–H and O–H groups in total. The van der Waals surface area contributed by atoms with Crippen LogP contribution in [-0.2, 0) is 59.8 Å². The van der Waals surface area contributed by atoms with Crippen molar-refractivity contribution in [1.82, 2.24) is 5.32 Å². The van der Waals surface area contributed by atoms with E-state index in [1.165, 1.54) is 13.8 Å². The first-order chi connectivity index (χ1) is 22.5. The number of ether oxygens (including phenoxy) is 5. The Morgan fingerprint density at radius 1 is 0.688 bits per heavy atom. The Morgan fingerprint density at radius 3 is 1.81 bits per heavy atom. The largest absolute Gasteiger partial charge is 0.481 e. The smallest absolute Gasteiger partial charge is 0.388 e. The van der Waals surface area contributed by atoms with Gasteiger partial charge in [0.25, 0.3) is 0 Å². The zero-order valence-electron chi connectivity index (χ0n) is 27.0. The minimum absolute atomic E-state index is 0.120. The zero-order chi connectivity index (χ0) is 36.0. The molecule has 21 nitrogen and oxygen atoms in total. The van der Waals surface area contributed by atoms with Crippen LogP contribution < -0.4 is 5.32 Å². The first-order valence-corrected chi connectivity index (χ1v) is 19.7. The molecule has 2 rings (SSSR count). The predicted molar refractivity (Wildman–Crippen MR) is 162 cm³/mol. The Labute approximate surface area is 278 Å². The number of hydrogen-bond donors (Lipinski definition) is 8. The van der Waals surface area contributed by atoms with E-state index in [2.05, 4.69) is 18.7 Å². The number of phosphoric acid groups is 3. The molecule has 0 spiro atoms. The summed E-state index contributed by atoms with van der Waals surface area (Å²) in [6.45, 7) is 2.76. The van der Waals surface area contributed by atoms with Gasteiger partial charge in [-0.25, -0.2) is 13.7 Å². The molecule has 2 fully saturated rings. The Hall–Kier alpha value is -0.0300. The van der Waals surface area contributed by atoms with Crippen LogP contribution in [0, 0.1) is 0 Å². The molecule has 0 aromatic heterocycles. The number of aliphatic hydroxyl groups is 4. The average molecular weight is 766 g/mol. The molecule has 48 heavy (non-hydrogen) atoms. The molecular formula is C24H50NO20P3. The van der Waals surface area contributed by atoms with Crippen molar-refractivity contribution in [2.75, 3.05) is 73.1 Å². The third kappa shape index (κ3) is 16.5. The van der Waals surface area contributed by atoms with Gasteiger partial charge >= 0.3 is 23.5 Å². The van der Waals surface area contributed by atoms with Crippen molar-refractivity contribution in [3.05, 3.63) is 0 Å². The molecule has 2 heterocycles. The van der Waals surface area contributed by atoms with E-state index in [1.54, 1.807) is 0 Å². The fourth-order valence-corrected chi connectivity index (χ4v) is 7.43. The lowest BCUT2D eigenvalue weighted by molar-refractivity contribution is -0.0357. The summed E-state index contributed by atoms with van der Waals surface area (Å²) < 4.78 is 86.9. The van der Waals surface area contributed by atoms with Gasteiger partial charge in [-0.15, -0.1) is 0 Å². The number of hydrogen-bond acceptors (Lipinski definition) is 18. The van der Waals surface area contributed by atoms with Crippen LogP contribution in [0.15, 0.2) is 0 Å². The van der Waals surface area contributed by atoms with E-state index < -0.39 is 98.2 Å². The third-order valence-electron chi connectivity index (χ3n) is 6.89. The number of nitrogens with one attached hydrogen (secondary N) is 1. The lowest BCUT2D eigenvalue weighted by Crippen LogP contribution is -2.36. The maximum atomic E-state index is 12.5. The van der Waals surface area contributed by atoms with E-state index in [-0.39, 0.29) is 19.8 Å². The van der Waals surface area contributed by atoms with Gasteiger partial charge < -0.3 is 64.1 Å². The summed E-state index contributed by atoms with van der Waals surface area (Å²) in [5, 5.41) is 43.0. The minimum Gasteiger partial charge on any atom is -0.388 e. The molecule has 12 unspecified atom stereocenters.